The van der Waals surface area contributed by atoms with Gasteiger partial charge in [-0.05, 0) is 43.7 Å². The number of rotatable bonds is 5. The van der Waals surface area contributed by atoms with E-state index in [1.54, 1.807) is 0 Å². The molecule has 1 aromatic carbocycles. The van der Waals surface area contributed by atoms with E-state index in [0.717, 1.165) is 24.8 Å². The van der Waals surface area contributed by atoms with Crippen molar-refractivity contribution >= 4 is 0 Å². The molecule has 1 aliphatic carbocycles. The van der Waals surface area contributed by atoms with Gasteiger partial charge in [0, 0.05) is 5.56 Å². The van der Waals surface area contributed by atoms with Crippen molar-refractivity contribution in [3.8, 4) is 5.75 Å². The van der Waals surface area contributed by atoms with Gasteiger partial charge in [-0.1, -0.05) is 32.6 Å². The predicted molar refractivity (Wildman–Crippen MR) is 77.3 cm³/mol. The summed E-state index contributed by atoms with van der Waals surface area (Å²) in [6.45, 7) is 4.15. The third-order valence-electron chi connectivity index (χ3n) is 4.12. The minimum Gasteiger partial charge on any atom is -0.490 e. The zero-order valence-electron chi connectivity index (χ0n) is 12.5. The van der Waals surface area contributed by atoms with Gasteiger partial charge in [0.1, 0.15) is 0 Å². The Hall–Kier alpha value is -1.12. The Morgan fingerprint density at radius 3 is 2.40 bits per heavy atom. The van der Waals surface area contributed by atoms with E-state index in [-0.39, 0.29) is 5.75 Å². The third kappa shape index (κ3) is 3.13. The number of halogens is 2. The summed E-state index contributed by atoms with van der Waals surface area (Å²) in [5, 5.41) is 0. The molecule has 0 spiro atoms. The van der Waals surface area contributed by atoms with E-state index in [0.29, 0.717) is 24.5 Å². The van der Waals surface area contributed by atoms with Crippen molar-refractivity contribution in [2.24, 2.45) is 0 Å². The fraction of sp³-hybridized carbons (Fsp3) is 0.647. The van der Waals surface area contributed by atoms with Crippen LogP contribution in [-0.2, 0) is 6.42 Å². The normalized spacial score (nSPS) is 16.4. The zero-order chi connectivity index (χ0) is 14.5. The van der Waals surface area contributed by atoms with Crippen LogP contribution >= 0.6 is 0 Å². The van der Waals surface area contributed by atoms with Gasteiger partial charge in [0.15, 0.2) is 11.6 Å². The molecule has 1 saturated carbocycles. The van der Waals surface area contributed by atoms with E-state index in [1.165, 1.54) is 19.3 Å². The number of ether oxygens (including phenoxy) is 1. The third-order valence-corrected chi connectivity index (χ3v) is 4.12. The summed E-state index contributed by atoms with van der Waals surface area (Å²) < 4.78 is 33.8. The van der Waals surface area contributed by atoms with Gasteiger partial charge in [0.25, 0.3) is 0 Å². The minimum atomic E-state index is -0.793. The number of benzene rings is 1. The number of hydrogen-bond donors (Lipinski definition) is 0. The lowest BCUT2D eigenvalue weighted by atomic mass is 9.82. The summed E-state index contributed by atoms with van der Waals surface area (Å²) in [6.07, 6.45) is 7.07. The van der Waals surface area contributed by atoms with Crippen LogP contribution in [0.1, 0.15) is 69.4 Å². The topological polar surface area (TPSA) is 9.23 Å². The monoisotopic (exact) mass is 282 g/mol. The van der Waals surface area contributed by atoms with E-state index in [4.69, 9.17) is 4.74 Å². The van der Waals surface area contributed by atoms with E-state index >= 15 is 0 Å². The second-order valence-electron chi connectivity index (χ2n) is 5.60. The molecule has 0 saturated heterocycles. The smallest absolute Gasteiger partial charge is 0.201 e. The quantitative estimate of drug-likeness (QED) is 0.706. The van der Waals surface area contributed by atoms with Crippen molar-refractivity contribution in [3.05, 3.63) is 28.8 Å². The lowest BCUT2D eigenvalue weighted by Crippen LogP contribution is -2.11. The van der Waals surface area contributed by atoms with Crippen LogP contribution in [0, 0.1) is 11.6 Å². The average molecular weight is 282 g/mol. The second kappa shape index (κ2) is 7.05. The van der Waals surface area contributed by atoms with Crippen molar-refractivity contribution in [1.29, 1.82) is 0 Å². The summed E-state index contributed by atoms with van der Waals surface area (Å²) in [5.41, 5.74) is 1.38. The molecule has 1 aromatic rings. The maximum Gasteiger partial charge on any atom is 0.201 e. The first-order valence-electron chi connectivity index (χ1n) is 7.82. The van der Waals surface area contributed by atoms with E-state index in [2.05, 4.69) is 0 Å². The Bertz CT molecular complexity index is 451. The molecule has 1 aliphatic rings. The molecule has 2 rings (SSSR count). The first-order chi connectivity index (χ1) is 9.69. The number of hydrogen-bond acceptors (Lipinski definition) is 1. The van der Waals surface area contributed by atoms with Crippen LogP contribution < -0.4 is 4.74 Å². The number of aryl methyl sites for hydroxylation is 1. The van der Waals surface area contributed by atoms with Crippen molar-refractivity contribution < 1.29 is 13.5 Å². The molecule has 0 aromatic heterocycles. The highest BCUT2D eigenvalue weighted by Crippen LogP contribution is 2.40. The molecule has 0 unspecified atom stereocenters. The Morgan fingerprint density at radius 1 is 1.10 bits per heavy atom. The van der Waals surface area contributed by atoms with Crippen LogP contribution in [0.3, 0.4) is 0 Å². The summed E-state index contributed by atoms with van der Waals surface area (Å²) >= 11 is 0. The first-order valence-corrected chi connectivity index (χ1v) is 7.82. The lowest BCUT2D eigenvalue weighted by molar-refractivity contribution is 0.302. The molecule has 1 nitrogen and oxygen atoms in total. The van der Waals surface area contributed by atoms with Crippen LogP contribution in [0.15, 0.2) is 6.07 Å². The summed E-state index contributed by atoms with van der Waals surface area (Å²) in [6, 6.07) is 1.85. The lowest BCUT2D eigenvalue weighted by Gasteiger charge is -2.25. The molecule has 20 heavy (non-hydrogen) atoms. The van der Waals surface area contributed by atoms with Gasteiger partial charge in [0.2, 0.25) is 5.82 Å². The van der Waals surface area contributed by atoms with Crippen molar-refractivity contribution in [2.45, 2.75) is 64.7 Å². The molecule has 3 heteroatoms. The summed E-state index contributed by atoms with van der Waals surface area (Å²) in [7, 11) is 0. The molecular formula is C17H24F2O. The van der Waals surface area contributed by atoms with E-state index in [9.17, 15) is 8.78 Å². The van der Waals surface area contributed by atoms with Crippen LogP contribution in [0.25, 0.3) is 0 Å². The Morgan fingerprint density at radius 2 is 1.80 bits per heavy atom. The highest BCUT2D eigenvalue weighted by molar-refractivity contribution is 5.42. The molecule has 112 valence electrons. The Labute approximate surface area is 120 Å². The van der Waals surface area contributed by atoms with Gasteiger partial charge in [0.05, 0.1) is 6.61 Å². The summed E-state index contributed by atoms with van der Waals surface area (Å²) in [5.74, 6) is -1.05. The molecule has 1 fully saturated rings. The van der Waals surface area contributed by atoms with Gasteiger partial charge >= 0.3 is 0 Å². The molecule has 0 amide bonds. The first kappa shape index (κ1) is 15.3. The highest BCUT2D eigenvalue weighted by Gasteiger charge is 2.25. The maximum absolute atomic E-state index is 14.3. The van der Waals surface area contributed by atoms with Crippen molar-refractivity contribution in [2.75, 3.05) is 6.61 Å². The van der Waals surface area contributed by atoms with E-state index < -0.39 is 11.6 Å². The van der Waals surface area contributed by atoms with Crippen LogP contribution in [0.4, 0.5) is 8.78 Å². The Balaban J connectivity index is 2.44. The van der Waals surface area contributed by atoms with Gasteiger partial charge < -0.3 is 4.74 Å². The largest absolute Gasteiger partial charge is 0.490 e. The molecule has 0 aliphatic heterocycles. The SMILES string of the molecule is CCCc1cc(C2CCCCC2)c(OCC)c(F)c1F. The van der Waals surface area contributed by atoms with Crippen LogP contribution in [0.5, 0.6) is 5.75 Å². The zero-order valence-corrected chi connectivity index (χ0v) is 12.5. The molecule has 0 radical (unpaired) electrons. The van der Waals surface area contributed by atoms with Crippen LogP contribution in [0.2, 0.25) is 0 Å². The molecule has 0 atom stereocenters. The van der Waals surface area contributed by atoms with Gasteiger partial charge in [-0.3, -0.25) is 0 Å². The molecule has 0 bridgehead atoms. The predicted octanol–water partition coefficient (Wildman–Crippen LogP) is 5.36. The highest BCUT2D eigenvalue weighted by atomic mass is 19.2. The summed E-state index contributed by atoms with van der Waals surface area (Å²) in [4.78, 5) is 0. The van der Waals surface area contributed by atoms with Gasteiger partial charge in [-0.15, -0.1) is 0 Å². The van der Waals surface area contributed by atoms with Crippen molar-refractivity contribution in [1.82, 2.24) is 0 Å². The molecular weight excluding hydrogens is 258 g/mol. The van der Waals surface area contributed by atoms with Gasteiger partial charge in [-0.25, -0.2) is 4.39 Å². The fourth-order valence-corrected chi connectivity index (χ4v) is 3.14. The maximum atomic E-state index is 14.3. The van der Waals surface area contributed by atoms with Gasteiger partial charge in [-0.2, -0.15) is 4.39 Å². The minimum absolute atomic E-state index is 0.150. The molecule has 0 N–H and O–H groups in total. The fourth-order valence-electron chi connectivity index (χ4n) is 3.14. The van der Waals surface area contributed by atoms with E-state index in [1.807, 2.05) is 19.9 Å². The second-order valence-corrected chi connectivity index (χ2v) is 5.60. The van der Waals surface area contributed by atoms with Crippen molar-refractivity contribution in [3.63, 3.8) is 0 Å². The van der Waals surface area contributed by atoms with Crippen LogP contribution in [-0.4, -0.2) is 6.61 Å². The standard InChI is InChI=1S/C17H24F2O/c1-3-8-13-11-14(12-9-6-5-7-10-12)17(20-4-2)16(19)15(13)18/h11-12H,3-10H2,1-2H3. The average Bonchev–Trinajstić information content (AvgIpc) is 2.48. The Kier molecular flexibility index (Phi) is 5.38. The molecule has 0 heterocycles.